The third-order valence-corrected chi connectivity index (χ3v) is 6.21. The van der Waals surface area contributed by atoms with Gasteiger partial charge in [0.15, 0.2) is 0 Å². The Kier molecular flexibility index (Phi) is 8.68. The molecule has 0 saturated heterocycles. The van der Waals surface area contributed by atoms with Crippen molar-refractivity contribution in [1.29, 1.82) is 0 Å². The van der Waals surface area contributed by atoms with E-state index in [2.05, 4.69) is 45.5 Å². The van der Waals surface area contributed by atoms with Crippen molar-refractivity contribution in [1.82, 2.24) is 21.3 Å². The summed E-state index contributed by atoms with van der Waals surface area (Å²) >= 11 is 0. The number of ether oxygens (including phenoxy) is 1. The highest BCUT2D eigenvalue weighted by Crippen LogP contribution is 2.44. The lowest BCUT2D eigenvalue weighted by Crippen LogP contribution is -2.58. The Morgan fingerprint density at radius 2 is 1.56 bits per heavy atom. The zero-order chi connectivity index (χ0) is 26.3. The molecule has 4 amide bonds. The number of nitrogens with one attached hydrogen (secondary N) is 4. The zero-order valence-corrected chi connectivity index (χ0v) is 21.1. The van der Waals surface area contributed by atoms with E-state index in [9.17, 15) is 19.2 Å². The monoisotopic (exact) mass is 494 g/mol. The number of carbonyl (C=O) groups excluding carboxylic acids is 4. The van der Waals surface area contributed by atoms with Crippen LogP contribution in [0.4, 0.5) is 4.79 Å². The van der Waals surface area contributed by atoms with Crippen molar-refractivity contribution < 1.29 is 23.9 Å². The topological polar surface area (TPSA) is 126 Å². The van der Waals surface area contributed by atoms with Crippen molar-refractivity contribution in [2.24, 2.45) is 0 Å². The van der Waals surface area contributed by atoms with E-state index < -0.39 is 23.6 Å². The standard InChI is InChI=1S/C27H34N4O5/c1-17(32)30-23(24(33)31-27(2,3)25(34)28-4)14-9-15-29-26(35)36-16-22-20-12-7-5-10-18(20)19-11-6-8-13-21(19)22/h5-8,10-13,22-23H,9,14-16H2,1-4H3,(H,28,34)(H,29,35)(H,30,32)(H,31,33)/t23-/m1/s1. The first kappa shape index (κ1) is 26.7. The molecule has 192 valence electrons. The molecule has 1 aliphatic carbocycles. The van der Waals surface area contributed by atoms with Crippen molar-refractivity contribution in [2.45, 2.75) is 51.1 Å². The summed E-state index contributed by atoms with van der Waals surface area (Å²) in [6, 6.07) is 15.4. The maximum Gasteiger partial charge on any atom is 0.407 e. The predicted octanol–water partition coefficient (Wildman–Crippen LogP) is 2.45. The minimum Gasteiger partial charge on any atom is -0.449 e. The first-order valence-electron chi connectivity index (χ1n) is 12.0. The summed E-state index contributed by atoms with van der Waals surface area (Å²) in [6.45, 7) is 4.95. The highest BCUT2D eigenvalue weighted by molar-refractivity contribution is 5.93. The van der Waals surface area contributed by atoms with E-state index in [0.29, 0.717) is 6.42 Å². The van der Waals surface area contributed by atoms with Crippen LogP contribution in [0.15, 0.2) is 48.5 Å². The van der Waals surface area contributed by atoms with E-state index in [4.69, 9.17) is 4.74 Å². The Labute approximate surface area is 211 Å². The number of carbonyl (C=O) groups is 4. The predicted molar refractivity (Wildman–Crippen MR) is 136 cm³/mol. The number of fused-ring (bicyclic) bond motifs is 3. The molecule has 3 rings (SSSR count). The maximum absolute atomic E-state index is 12.7. The molecule has 1 atom stereocenters. The van der Waals surface area contributed by atoms with Gasteiger partial charge in [0.05, 0.1) is 0 Å². The highest BCUT2D eigenvalue weighted by atomic mass is 16.5. The molecule has 9 nitrogen and oxygen atoms in total. The summed E-state index contributed by atoms with van der Waals surface area (Å²) in [5.41, 5.74) is 3.45. The van der Waals surface area contributed by atoms with Gasteiger partial charge in [-0.3, -0.25) is 14.4 Å². The number of hydrogen-bond acceptors (Lipinski definition) is 5. The fourth-order valence-electron chi connectivity index (χ4n) is 4.42. The summed E-state index contributed by atoms with van der Waals surface area (Å²) in [5, 5.41) is 10.5. The summed E-state index contributed by atoms with van der Waals surface area (Å²) in [4.78, 5) is 48.6. The van der Waals surface area contributed by atoms with Gasteiger partial charge in [0.25, 0.3) is 0 Å². The van der Waals surface area contributed by atoms with Crippen LogP contribution >= 0.6 is 0 Å². The van der Waals surface area contributed by atoms with Gasteiger partial charge < -0.3 is 26.0 Å². The van der Waals surface area contributed by atoms with Gasteiger partial charge >= 0.3 is 6.09 Å². The van der Waals surface area contributed by atoms with Crippen LogP contribution in [0.25, 0.3) is 11.1 Å². The second kappa shape index (κ2) is 11.7. The number of alkyl carbamates (subject to hydrolysis) is 1. The summed E-state index contributed by atoms with van der Waals surface area (Å²) < 4.78 is 5.52. The molecule has 0 radical (unpaired) electrons. The van der Waals surface area contributed by atoms with Crippen molar-refractivity contribution >= 4 is 23.8 Å². The van der Waals surface area contributed by atoms with Crippen LogP contribution in [0.5, 0.6) is 0 Å². The van der Waals surface area contributed by atoms with Crippen LogP contribution in [0.3, 0.4) is 0 Å². The maximum atomic E-state index is 12.7. The van der Waals surface area contributed by atoms with Crippen LogP contribution in [0, 0.1) is 0 Å². The molecule has 0 spiro atoms. The Morgan fingerprint density at radius 1 is 0.972 bits per heavy atom. The largest absolute Gasteiger partial charge is 0.449 e. The molecule has 9 heteroatoms. The molecule has 36 heavy (non-hydrogen) atoms. The zero-order valence-electron chi connectivity index (χ0n) is 21.1. The third-order valence-electron chi connectivity index (χ3n) is 6.21. The molecule has 0 aromatic heterocycles. The van der Waals surface area contributed by atoms with Crippen LogP contribution in [0.2, 0.25) is 0 Å². The highest BCUT2D eigenvalue weighted by Gasteiger charge is 2.32. The smallest absolute Gasteiger partial charge is 0.407 e. The number of benzene rings is 2. The molecule has 1 aliphatic rings. The average Bonchev–Trinajstić information content (AvgIpc) is 3.17. The Hall–Kier alpha value is -3.88. The molecular weight excluding hydrogens is 460 g/mol. The van der Waals surface area contributed by atoms with Gasteiger partial charge in [-0.05, 0) is 48.9 Å². The Morgan fingerprint density at radius 3 is 2.11 bits per heavy atom. The molecule has 0 unspecified atom stereocenters. The van der Waals surface area contributed by atoms with E-state index in [0.717, 1.165) is 22.3 Å². The molecular formula is C27H34N4O5. The minimum atomic E-state index is -1.14. The number of likely N-dealkylation sites (N-methyl/N-ethyl adjacent to an activating group) is 1. The molecule has 0 bridgehead atoms. The second-order valence-corrected chi connectivity index (χ2v) is 9.34. The van der Waals surface area contributed by atoms with Crippen LogP contribution in [-0.2, 0) is 19.1 Å². The van der Waals surface area contributed by atoms with Gasteiger partial charge in [-0.1, -0.05) is 48.5 Å². The van der Waals surface area contributed by atoms with E-state index in [1.165, 1.54) is 14.0 Å². The number of rotatable bonds is 10. The van der Waals surface area contributed by atoms with Crippen molar-refractivity contribution in [2.75, 3.05) is 20.2 Å². The van der Waals surface area contributed by atoms with Gasteiger partial charge in [-0.25, -0.2) is 4.79 Å². The molecule has 0 saturated carbocycles. The molecule has 2 aromatic carbocycles. The van der Waals surface area contributed by atoms with Crippen molar-refractivity contribution in [3.05, 3.63) is 59.7 Å². The fourth-order valence-corrected chi connectivity index (χ4v) is 4.42. The lowest BCUT2D eigenvalue weighted by molar-refractivity contribution is -0.134. The van der Waals surface area contributed by atoms with Crippen molar-refractivity contribution in [3.8, 4) is 11.1 Å². The third kappa shape index (κ3) is 6.41. The van der Waals surface area contributed by atoms with E-state index in [1.54, 1.807) is 13.8 Å². The Bertz CT molecular complexity index is 1090. The van der Waals surface area contributed by atoms with Gasteiger partial charge in [0.1, 0.15) is 18.2 Å². The Balaban J connectivity index is 1.49. The van der Waals surface area contributed by atoms with Crippen LogP contribution in [0.1, 0.15) is 50.7 Å². The molecule has 0 fully saturated rings. The van der Waals surface area contributed by atoms with Gasteiger partial charge in [-0.2, -0.15) is 0 Å². The molecule has 0 aliphatic heterocycles. The van der Waals surface area contributed by atoms with E-state index >= 15 is 0 Å². The van der Waals surface area contributed by atoms with Gasteiger partial charge in [-0.15, -0.1) is 0 Å². The van der Waals surface area contributed by atoms with E-state index in [-0.39, 0.29) is 37.3 Å². The quantitative estimate of drug-likeness (QED) is 0.378. The summed E-state index contributed by atoms with van der Waals surface area (Å²) in [7, 11) is 1.48. The summed E-state index contributed by atoms with van der Waals surface area (Å²) in [5.74, 6) is -1.22. The summed E-state index contributed by atoms with van der Waals surface area (Å²) in [6.07, 6.45) is 0.153. The molecule has 2 aromatic rings. The van der Waals surface area contributed by atoms with Crippen LogP contribution in [-0.4, -0.2) is 55.6 Å². The molecule has 4 N–H and O–H groups in total. The number of hydrogen-bond donors (Lipinski definition) is 4. The van der Waals surface area contributed by atoms with E-state index in [1.807, 2.05) is 24.3 Å². The normalized spacial score (nSPS) is 13.1. The first-order valence-corrected chi connectivity index (χ1v) is 12.0. The SMILES string of the molecule is CNC(=O)C(C)(C)NC(=O)[C@@H](CCCNC(=O)OCC1c2ccccc2-c2ccccc21)NC(C)=O. The number of amides is 4. The lowest BCUT2D eigenvalue weighted by Gasteiger charge is -2.27. The molecule has 0 heterocycles. The minimum absolute atomic E-state index is 0.0281. The lowest BCUT2D eigenvalue weighted by atomic mass is 9.98. The first-order chi connectivity index (χ1) is 17.1. The van der Waals surface area contributed by atoms with Crippen molar-refractivity contribution in [3.63, 3.8) is 0 Å². The van der Waals surface area contributed by atoms with Crippen LogP contribution < -0.4 is 21.3 Å². The van der Waals surface area contributed by atoms with Gasteiger partial charge in [0.2, 0.25) is 17.7 Å². The second-order valence-electron chi connectivity index (χ2n) is 9.34. The average molecular weight is 495 g/mol. The van der Waals surface area contributed by atoms with Gasteiger partial charge in [0, 0.05) is 26.4 Å². The fraction of sp³-hybridized carbons (Fsp3) is 0.407.